The number of amides is 1. The maximum absolute atomic E-state index is 12.7. The molecule has 3 rings (SSSR count). The highest BCUT2D eigenvalue weighted by Gasteiger charge is 2.19. The van der Waals surface area contributed by atoms with Gasteiger partial charge in [0.25, 0.3) is 5.91 Å². The molecule has 0 atom stereocenters. The van der Waals surface area contributed by atoms with E-state index in [2.05, 4.69) is 10.0 Å². The van der Waals surface area contributed by atoms with Crippen molar-refractivity contribution < 1.29 is 27.4 Å². The minimum Gasteiger partial charge on any atom is -0.454 e. The summed E-state index contributed by atoms with van der Waals surface area (Å²) in [6.07, 6.45) is 0. The van der Waals surface area contributed by atoms with E-state index >= 15 is 0 Å². The van der Waals surface area contributed by atoms with E-state index in [4.69, 9.17) is 14.2 Å². The maximum Gasteiger partial charge on any atom is 0.251 e. The van der Waals surface area contributed by atoms with Gasteiger partial charge in [-0.25, -0.2) is 13.1 Å². The van der Waals surface area contributed by atoms with Gasteiger partial charge in [-0.1, -0.05) is 12.1 Å². The summed E-state index contributed by atoms with van der Waals surface area (Å²) < 4.78 is 43.3. The highest BCUT2D eigenvalue weighted by atomic mass is 32.2. The van der Waals surface area contributed by atoms with Gasteiger partial charge in [0.05, 0.1) is 11.5 Å². The Morgan fingerprint density at radius 2 is 1.93 bits per heavy atom. The van der Waals surface area contributed by atoms with Gasteiger partial charge in [0.1, 0.15) is 0 Å². The van der Waals surface area contributed by atoms with E-state index in [9.17, 15) is 13.2 Å². The van der Waals surface area contributed by atoms with Crippen LogP contribution in [0, 0.1) is 6.92 Å². The van der Waals surface area contributed by atoms with Crippen molar-refractivity contribution in [2.24, 2.45) is 0 Å². The molecule has 0 spiro atoms. The van der Waals surface area contributed by atoms with E-state index in [1.807, 2.05) is 0 Å². The largest absolute Gasteiger partial charge is 0.454 e. The molecule has 0 bridgehead atoms. The first-order chi connectivity index (χ1) is 13.4. The fourth-order valence-electron chi connectivity index (χ4n) is 2.69. The smallest absolute Gasteiger partial charge is 0.251 e. The van der Waals surface area contributed by atoms with Crippen LogP contribution in [0.15, 0.2) is 41.3 Å². The number of hydrogen-bond acceptors (Lipinski definition) is 6. The van der Waals surface area contributed by atoms with Gasteiger partial charge < -0.3 is 19.5 Å². The average Bonchev–Trinajstić information content (AvgIpc) is 3.14. The second-order valence-corrected chi connectivity index (χ2v) is 8.00. The highest BCUT2D eigenvalue weighted by molar-refractivity contribution is 7.89. The van der Waals surface area contributed by atoms with Crippen molar-refractivity contribution in [3.05, 3.63) is 53.1 Å². The maximum atomic E-state index is 12.7. The summed E-state index contributed by atoms with van der Waals surface area (Å²) in [6.45, 7) is 2.71. The summed E-state index contributed by atoms with van der Waals surface area (Å²) >= 11 is 0. The predicted octanol–water partition coefficient (Wildman–Crippen LogP) is 1.58. The first-order valence-corrected chi connectivity index (χ1v) is 10.1. The van der Waals surface area contributed by atoms with Crippen LogP contribution in [0.3, 0.4) is 0 Å². The third kappa shape index (κ3) is 4.61. The summed E-state index contributed by atoms with van der Waals surface area (Å²) in [4.78, 5) is 12.3. The number of benzene rings is 2. The van der Waals surface area contributed by atoms with Crippen LogP contribution < -0.4 is 19.5 Å². The van der Waals surface area contributed by atoms with Gasteiger partial charge in [0, 0.05) is 25.8 Å². The predicted molar refractivity (Wildman–Crippen MR) is 102 cm³/mol. The number of nitrogens with one attached hydrogen (secondary N) is 2. The Labute approximate surface area is 163 Å². The van der Waals surface area contributed by atoms with Crippen molar-refractivity contribution in [1.82, 2.24) is 10.0 Å². The summed E-state index contributed by atoms with van der Waals surface area (Å²) in [5.74, 6) is 0.874. The van der Waals surface area contributed by atoms with Crippen molar-refractivity contribution in [2.75, 3.05) is 27.1 Å². The molecular formula is C19H22N2O6S. The molecule has 0 radical (unpaired) electrons. The zero-order chi connectivity index (χ0) is 20.1. The Morgan fingerprint density at radius 3 is 2.71 bits per heavy atom. The van der Waals surface area contributed by atoms with Gasteiger partial charge >= 0.3 is 0 Å². The molecule has 9 heteroatoms. The molecule has 1 aliphatic rings. The molecular weight excluding hydrogens is 384 g/mol. The third-order valence-corrected chi connectivity index (χ3v) is 5.66. The lowest BCUT2D eigenvalue weighted by Crippen LogP contribution is -2.28. The number of sulfonamides is 1. The second-order valence-electron chi connectivity index (χ2n) is 6.24. The lowest BCUT2D eigenvalue weighted by Gasteiger charge is -2.11. The molecule has 1 amide bonds. The number of hydrogen-bond donors (Lipinski definition) is 2. The first-order valence-electron chi connectivity index (χ1n) is 8.66. The summed E-state index contributed by atoms with van der Waals surface area (Å²) in [5.41, 5.74) is 1.73. The quantitative estimate of drug-likeness (QED) is 0.645. The summed E-state index contributed by atoms with van der Waals surface area (Å²) in [5, 5.41) is 2.70. The Hall–Kier alpha value is -2.62. The van der Waals surface area contributed by atoms with E-state index in [1.54, 1.807) is 31.2 Å². The molecule has 2 N–H and O–H groups in total. The van der Waals surface area contributed by atoms with Crippen molar-refractivity contribution in [1.29, 1.82) is 0 Å². The van der Waals surface area contributed by atoms with Gasteiger partial charge in [-0.2, -0.15) is 0 Å². The minimum atomic E-state index is -3.80. The van der Waals surface area contributed by atoms with E-state index in [-0.39, 0.29) is 24.1 Å². The van der Waals surface area contributed by atoms with E-state index in [0.717, 1.165) is 5.56 Å². The molecule has 8 nitrogen and oxygen atoms in total. The van der Waals surface area contributed by atoms with E-state index in [0.29, 0.717) is 35.8 Å². The lowest BCUT2D eigenvalue weighted by molar-refractivity contribution is 0.0936. The number of fused-ring (bicyclic) bond motifs is 1. The fourth-order valence-corrected chi connectivity index (χ4v) is 3.73. The Kier molecular flexibility index (Phi) is 6.18. The number of ether oxygens (including phenoxy) is 3. The van der Waals surface area contributed by atoms with Crippen LogP contribution in [0.5, 0.6) is 11.5 Å². The molecule has 150 valence electrons. The zero-order valence-electron chi connectivity index (χ0n) is 15.7. The van der Waals surface area contributed by atoms with Crippen LogP contribution in [0.2, 0.25) is 0 Å². The molecule has 0 saturated heterocycles. The summed E-state index contributed by atoms with van der Waals surface area (Å²) in [7, 11) is -2.26. The van der Waals surface area contributed by atoms with Gasteiger partial charge in [-0.05, 0) is 42.3 Å². The van der Waals surface area contributed by atoms with Crippen molar-refractivity contribution in [3.8, 4) is 11.5 Å². The van der Waals surface area contributed by atoms with E-state index < -0.39 is 10.0 Å². The number of aryl methyl sites for hydroxylation is 1. The number of rotatable bonds is 8. The number of methoxy groups -OCH3 is 1. The monoisotopic (exact) mass is 406 g/mol. The third-order valence-electron chi connectivity index (χ3n) is 4.26. The molecule has 0 aromatic heterocycles. The lowest BCUT2D eigenvalue weighted by atomic mass is 10.1. The van der Waals surface area contributed by atoms with Gasteiger partial charge in [0.15, 0.2) is 11.5 Å². The van der Waals surface area contributed by atoms with Gasteiger partial charge in [-0.15, -0.1) is 0 Å². The molecule has 1 aliphatic heterocycles. The molecule has 0 unspecified atom stereocenters. The highest BCUT2D eigenvalue weighted by Crippen LogP contribution is 2.32. The van der Waals surface area contributed by atoms with E-state index in [1.165, 1.54) is 19.2 Å². The summed E-state index contributed by atoms with van der Waals surface area (Å²) in [6, 6.07) is 9.69. The molecule has 0 aliphatic carbocycles. The zero-order valence-corrected chi connectivity index (χ0v) is 16.5. The fraction of sp³-hybridized carbons (Fsp3) is 0.316. The minimum absolute atomic E-state index is 0.0238. The van der Waals surface area contributed by atoms with Crippen molar-refractivity contribution >= 4 is 15.9 Å². The Morgan fingerprint density at radius 1 is 1.14 bits per heavy atom. The van der Waals surface area contributed by atoms with Crippen LogP contribution in [-0.4, -0.2) is 41.4 Å². The Bertz CT molecular complexity index is 974. The van der Waals surface area contributed by atoms with Gasteiger partial charge in [-0.3, -0.25) is 4.79 Å². The van der Waals surface area contributed by atoms with Crippen LogP contribution in [0.4, 0.5) is 0 Å². The van der Waals surface area contributed by atoms with Gasteiger partial charge in [0.2, 0.25) is 16.8 Å². The van der Waals surface area contributed by atoms with Crippen LogP contribution >= 0.6 is 0 Å². The van der Waals surface area contributed by atoms with Crippen LogP contribution in [-0.2, 0) is 21.3 Å². The molecule has 2 aromatic rings. The average molecular weight is 406 g/mol. The Balaban J connectivity index is 1.72. The molecule has 1 heterocycles. The standard InChI is InChI=1S/C19H22N2O6S/c1-13-3-5-15(10-16(13)19(22)20-7-8-25-2)28(23,24)21-11-14-4-6-17-18(9-14)27-12-26-17/h3-6,9-10,21H,7-8,11-12H2,1-2H3,(H,20,22). The molecule has 0 saturated carbocycles. The van der Waals surface area contributed by atoms with Crippen molar-refractivity contribution in [3.63, 3.8) is 0 Å². The second kappa shape index (κ2) is 8.59. The molecule has 0 fully saturated rings. The molecule has 2 aromatic carbocycles. The van der Waals surface area contributed by atoms with Crippen LogP contribution in [0.25, 0.3) is 0 Å². The number of carbonyl (C=O) groups is 1. The van der Waals surface area contributed by atoms with Crippen molar-refractivity contribution in [2.45, 2.75) is 18.4 Å². The number of carbonyl (C=O) groups excluding carboxylic acids is 1. The van der Waals surface area contributed by atoms with Crippen LogP contribution in [0.1, 0.15) is 21.5 Å². The SMILES string of the molecule is COCCNC(=O)c1cc(S(=O)(=O)NCc2ccc3c(c2)OCO3)ccc1C. The topological polar surface area (TPSA) is 103 Å². The normalized spacial score (nSPS) is 12.8. The molecule has 28 heavy (non-hydrogen) atoms. The first kappa shape index (κ1) is 20.1.